The van der Waals surface area contributed by atoms with Gasteiger partial charge in [-0.05, 0) is 54.3 Å². The maximum atomic E-state index is 11.2. The number of halogens is 3. The molecule has 146 valence electrons. The van der Waals surface area contributed by atoms with Crippen LogP contribution in [0.25, 0.3) is 0 Å². The number of fused-ring (bicyclic) bond motifs is 1. The molecule has 0 saturated carbocycles. The Labute approximate surface area is 174 Å². The van der Waals surface area contributed by atoms with Gasteiger partial charge in [0.1, 0.15) is 0 Å². The van der Waals surface area contributed by atoms with Crippen molar-refractivity contribution < 1.29 is 9.63 Å². The molecule has 0 saturated heterocycles. The predicted octanol–water partition coefficient (Wildman–Crippen LogP) is 4.70. The van der Waals surface area contributed by atoms with Crippen molar-refractivity contribution in [3.8, 4) is 0 Å². The molecule has 2 atom stereocenters. The van der Waals surface area contributed by atoms with Crippen molar-refractivity contribution in [2.24, 2.45) is 5.90 Å². The summed E-state index contributed by atoms with van der Waals surface area (Å²) in [4.78, 5) is 15.3. The van der Waals surface area contributed by atoms with E-state index in [9.17, 15) is 4.79 Å². The van der Waals surface area contributed by atoms with E-state index in [4.69, 9.17) is 29.1 Å². The first-order valence-electron chi connectivity index (χ1n) is 8.43. The van der Waals surface area contributed by atoms with Crippen LogP contribution in [0.2, 0.25) is 10.0 Å². The standard InChI is InChI=1S/C19H21Cl2N3O2.ClH/c1-23-18-7-5-13(12-3-6-16(20)17(21)9-12)14-4-2-11(8-15(14)18)10-24-19(25)26-22;/h2-4,6,8-9,13,18,23H,5,7,10,22H2,1H3,(H,24,25);1H/t13-,18-;/m0./s1. The Hall–Kier alpha value is -1.50. The summed E-state index contributed by atoms with van der Waals surface area (Å²) in [6.45, 7) is 0.358. The molecular formula is C19H22Cl3N3O2. The monoisotopic (exact) mass is 429 g/mol. The van der Waals surface area contributed by atoms with Crippen LogP contribution in [0.1, 0.15) is 47.1 Å². The molecule has 5 nitrogen and oxygen atoms in total. The lowest BCUT2D eigenvalue weighted by atomic mass is 9.76. The van der Waals surface area contributed by atoms with Crippen LogP contribution in [0.5, 0.6) is 0 Å². The smallest absolute Gasteiger partial charge is 0.357 e. The van der Waals surface area contributed by atoms with Gasteiger partial charge in [0.05, 0.1) is 10.0 Å². The van der Waals surface area contributed by atoms with Gasteiger partial charge in [0.15, 0.2) is 0 Å². The number of nitrogens with two attached hydrogens (primary N) is 1. The predicted molar refractivity (Wildman–Crippen MR) is 111 cm³/mol. The molecule has 0 bridgehead atoms. The topological polar surface area (TPSA) is 76.4 Å². The summed E-state index contributed by atoms with van der Waals surface area (Å²) < 4.78 is 0. The normalized spacial score (nSPS) is 18.2. The van der Waals surface area contributed by atoms with Crippen molar-refractivity contribution >= 4 is 41.7 Å². The fraction of sp³-hybridized carbons (Fsp3) is 0.316. The minimum atomic E-state index is -0.651. The Bertz CT molecular complexity index is 817. The molecule has 0 aliphatic heterocycles. The Kier molecular flexibility index (Phi) is 7.77. The zero-order valence-corrected chi connectivity index (χ0v) is 17.1. The van der Waals surface area contributed by atoms with Gasteiger partial charge >= 0.3 is 6.09 Å². The van der Waals surface area contributed by atoms with Crippen LogP contribution in [0.3, 0.4) is 0 Å². The zero-order chi connectivity index (χ0) is 18.7. The first-order valence-corrected chi connectivity index (χ1v) is 9.18. The number of hydrogen-bond donors (Lipinski definition) is 3. The van der Waals surface area contributed by atoms with E-state index in [1.165, 1.54) is 11.1 Å². The second kappa shape index (κ2) is 9.62. The quantitative estimate of drug-likeness (QED) is 0.614. The molecule has 27 heavy (non-hydrogen) atoms. The third-order valence-corrected chi connectivity index (χ3v) is 5.62. The second-order valence-corrected chi connectivity index (χ2v) is 7.18. The van der Waals surface area contributed by atoms with E-state index in [2.05, 4.69) is 27.6 Å². The van der Waals surface area contributed by atoms with Gasteiger partial charge in [0.2, 0.25) is 0 Å². The Morgan fingerprint density at radius 1 is 1.15 bits per heavy atom. The van der Waals surface area contributed by atoms with E-state index in [0.29, 0.717) is 16.6 Å². The number of carbonyl (C=O) groups excluding carboxylic acids is 1. The number of amides is 1. The fourth-order valence-corrected chi connectivity index (χ4v) is 3.90. The van der Waals surface area contributed by atoms with E-state index in [-0.39, 0.29) is 24.4 Å². The summed E-state index contributed by atoms with van der Waals surface area (Å²) in [6.07, 6.45) is 1.38. The van der Waals surface area contributed by atoms with Crippen molar-refractivity contribution in [3.63, 3.8) is 0 Å². The molecule has 1 aliphatic carbocycles. The number of carbonyl (C=O) groups is 1. The van der Waals surface area contributed by atoms with E-state index >= 15 is 0 Å². The number of nitrogens with one attached hydrogen (secondary N) is 2. The van der Waals surface area contributed by atoms with Crippen LogP contribution < -0.4 is 16.5 Å². The molecule has 0 fully saturated rings. The number of hydrogen-bond acceptors (Lipinski definition) is 4. The highest BCUT2D eigenvalue weighted by atomic mass is 35.5. The van der Waals surface area contributed by atoms with Crippen LogP contribution in [0, 0.1) is 0 Å². The van der Waals surface area contributed by atoms with Gasteiger partial charge in [-0.1, -0.05) is 47.5 Å². The summed E-state index contributed by atoms with van der Waals surface area (Å²) in [6, 6.07) is 12.4. The van der Waals surface area contributed by atoms with Crippen molar-refractivity contribution in [3.05, 3.63) is 68.7 Å². The third kappa shape index (κ3) is 4.86. The lowest BCUT2D eigenvalue weighted by Crippen LogP contribution is -2.27. The molecule has 4 N–H and O–H groups in total. The van der Waals surface area contributed by atoms with Crippen molar-refractivity contribution in [1.82, 2.24) is 10.6 Å². The summed E-state index contributed by atoms with van der Waals surface area (Å²) in [5, 5.41) is 7.12. The van der Waals surface area contributed by atoms with Crippen LogP contribution in [0.4, 0.5) is 4.79 Å². The summed E-state index contributed by atoms with van der Waals surface area (Å²) in [7, 11) is 1.96. The Morgan fingerprint density at radius 2 is 1.93 bits per heavy atom. The van der Waals surface area contributed by atoms with Gasteiger partial charge in [-0.15, -0.1) is 12.4 Å². The van der Waals surface area contributed by atoms with E-state index < -0.39 is 6.09 Å². The van der Waals surface area contributed by atoms with Gasteiger partial charge in [-0.2, -0.15) is 5.90 Å². The highest BCUT2D eigenvalue weighted by Gasteiger charge is 2.28. The fourth-order valence-electron chi connectivity index (χ4n) is 3.59. The van der Waals surface area contributed by atoms with Crippen molar-refractivity contribution in [2.45, 2.75) is 31.3 Å². The van der Waals surface area contributed by atoms with Crippen molar-refractivity contribution in [2.75, 3.05) is 7.05 Å². The minimum absolute atomic E-state index is 0. The molecule has 3 rings (SSSR count). The van der Waals surface area contributed by atoms with E-state index in [1.807, 2.05) is 31.3 Å². The minimum Gasteiger partial charge on any atom is -0.357 e. The molecule has 2 aromatic carbocycles. The Morgan fingerprint density at radius 3 is 2.59 bits per heavy atom. The molecule has 2 aromatic rings. The molecule has 0 heterocycles. The lowest BCUT2D eigenvalue weighted by molar-refractivity contribution is 0.147. The third-order valence-electron chi connectivity index (χ3n) is 4.88. The van der Waals surface area contributed by atoms with Gasteiger partial charge in [0, 0.05) is 18.5 Å². The van der Waals surface area contributed by atoms with Crippen LogP contribution >= 0.6 is 35.6 Å². The summed E-state index contributed by atoms with van der Waals surface area (Å²) >= 11 is 12.3. The molecule has 8 heteroatoms. The van der Waals surface area contributed by atoms with Gasteiger partial charge < -0.3 is 15.5 Å². The van der Waals surface area contributed by atoms with Crippen molar-refractivity contribution in [1.29, 1.82) is 0 Å². The van der Waals surface area contributed by atoms with Gasteiger partial charge in [-0.25, -0.2) is 4.79 Å². The van der Waals surface area contributed by atoms with Gasteiger partial charge in [-0.3, -0.25) is 0 Å². The summed E-state index contributed by atoms with van der Waals surface area (Å²) in [5.74, 6) is 5.12. The summed E-state index contributed by atoms with van der Waals surface area (Å²) in [5.41, 5.74) is 4.64. The van der Waals surface area contributed by atoms with E-state index in [1.54, 1.807) is 0 Å². The SMILES string of the molecule is CN[C@H]1CC[C@@H](c2ccc(Cl)c(Cl)c2)c2ccc(CNC(=O)ON)cc21.Cl. The molecule has 0 spiro atoms. The lowest BCUT2D eigenvalue weighted by Gasteiger charge is -2.32. The van der Waals surface area contributed by atoms with Crippen LogP contribution in [-0.2, 0) is 11.4 Å². The second-order valence-electron chi connectivity index (χ2n) is 6.37. The first-order chi connectivity index (χ1) is 12.5. The molecule has 1 amide bonds. The van der Waals surface area contributed by atoms with E-state index in [0.717, 1.165) is 24.0 Å². The van der Waals surface area contributed by atoms with Gasteiger partial charge in [0.25, 0.3) is 0 Å². The Balaban J connectivity index is 0.00000261. The maximum absolute atomic E-state index is 11.2. The average molecular weight is 431 g/mol. The average Bonchev–Trinajstić information content (AvgIpc) is 2.67. The van der Waals surface area contributed by atoms with Crippen LogP contribution in [-0.4, -0.2) is 13.1 Å². The number of benzene rings is 2. The highest BCUT2D eigenvalue weighted by molar-refractivity contribution is 6.42. The first kappa shape index (κ1) is 21.8. The molecule has 0 radical (unpaired) electrons. The molecule has 0 unspecified atom stereocenters. The molecule has 1 aliphatic rings. The molecular weight excluding hydrogens is 409 g/mol. The zero-order valence-electron chi connectivity index (χ0n) is 14.8. The van der Waals surface area contributed by atoms with Crippen LogP contribution in [0.15, 0.2) is 36.4 Å². The maximum Gasteiger partial charge on any atom is 0.426 e. The number of rotatable bonds is 4. The largest absolute Gasteiger partial charge is 0.426 e. The highest BCUT2D eigenvalue weighted by Crippen LogP contribution is 2.42. The molecule has 0 aromatic heterocycles.